The summed E-state index contributed by atoms with van der Waals surface area (Å²) in [4.78, 5) is 15.7. The lowest BCUT2D eigenvalue weighted by atomic mass is 9.92. The third-order valence-electron chi connectivity index (χ3n) is 3.95. The highest BCUT2D eigenvalue weighted by Gasteiger charge is 2.18. The number of nitrogens with two attached hydrogens (primary N) is 1. The summed E-state index contributed by atoms with van der Waals surface area (Å²) in [5.41, 5.74) is 10.1. The van der Waals surface area contributed by atoms with Crippen LogP contribution in [0.2, 0.25) is 0 Å². The molecule has 0 aliphatic heterocycles. The van der Waals surface area contributed by atoms with Crippen LogP contribution in [0.15, 0.2) is 30.7 Å². The molecule has 1 atom stereocenters. The Morgan fingerprint density at radius 2 is 2.33 bits per heavy atom. The highest BCUT2D eigenvalue weighted by molar-refractivity contribution is 5.88. The lowest BCUT2D eigenvalue weighted by Crippen LogP contribution is -2.15. The largest absolute Gasteiger partial charge is 0.465 e. The van der Waals surface area contributed by atoms with Gasteiger partial charge in [-0.3, -0.25) is 4.98 Å². The van der Waals surface area contributed by atoms with E-state index in [4.69, 9.17) is 5.73 Å². The van der Waals surface area contributed by atoms with Gasteiger partial charge >= 0.3 is 5.97 Å². The number of hydrogen-bond acceptors (Lipinski definition) is 4. The maximum Gasteiger partial charge on any atom is 0.339 e. The standard InChI is InChI=1S/C16H19N3O2/c1-21-16(20)11-5-6-13(18-7-11)9-19-8-12-3-2-4-15(17)14(12)10-19/h5-8,10,15H,2-4,9,17H2,1H3. The Balaban J connectivity index is 1.76. The van der Waals surface area contributed by atoms with Crippen molar-refractivity contribution in [3.63, 3.8) is 0 Å². The molecular weight excluding hydrogens is 266 g/mol. The van der Waals surface area contributed by atoms with Crippen molar-refractivity contribution in [3.05, 3.63) is 53.1 Å². The van der Waals surface area contributed by atoms with E-state index in [1.807, 2.05) is 6.07 Å². The van der Waals surface area contributed by atoms with E-state index >= 15 is 0 Å². The van der Waals surface area contributed by atoms with Gasteiger partial charge in [-0.15, -0.1) is 0 Å². The third-order valence-corrected chi connectivity index (χ3v) is 3.95. The van der Waals surface area contributed by atoms with Crippen LogP contribution in [0.25, 0.3) is 0 Å². The molecule has 5 nitrogen and oxygen atoms in total. The average molecular weight is 285 g/mol. The van der Waals surface area contributed by atoms with Gasteiger partial charge in [0.2, 0.25) is 0 Å². The monoisotopic (exact) mass is 285 g/mol. The molecule has 0 fully saturated rings. The maximum atomic E-state index is 11.4. The second-order valence-corrected chi connectivity index (χ2v) is 5.44. The number of ether oxygens (including phenoxy) is 1. The average Bonchev–Trinajstić information content (AvgIpc) is 2.91. The van der Waals surface area contributed by atoms with Gasteiger partial charge in [0.15, 0.2) is 0 Å². The Morgan fingerprint density at radius 1 is 1.48 bits per heavy atom. The van der Waals surface area contributed by atoms with Crippen LogP contribution in [-0.4, -0.2) is 22.6 Å². The molecule has 1 aliphatic rings. The topological polar surface area (TPSA) is 70.1 Å². The number of hydrogen-bond donors (Lipinski definition) is 1. The summed E-state index contributed by atoms with van der Waals surface area (Å²) in [7, 11) is 1.36. The van der Waals surface area contributed by atoms with E-state index < -0.39 is 0 Å². The molecule has 21 heavy (non-hydrogen) atoms. The van der Waals surface area contributed by atoms with Gasteiger partial charge in [-0.05, 0) is 42.5 Å². The highest BCUT2D eigenvalue weighted by Crippen LogP contribution is 2.28. The molecule has 0 radical (unpaired) electrons. The zero-order chi connectivity index (χ0) is 14.8. The van der Waals surface area contributed by atoms with Crippen molar-refractivity contribution in [2.24, 2.45) is 5.73 Å². The molecular formula is C16H19N3O2. The van der Waals surface area contributed by atoms with Crippen LogP contribution in [0.1, 0.15) is 46.1 Å². The molecule has 0 aromatic carbocycles. The van der Waals surface area contributed by atoms with Crippen molar-refractivity contribution in [3.8, 4) is 0 Å². The SMILES string of the molecule is COC(=O)c1ccc(Cn2cc3c(c2)C(N)CCC3)nc1. The summed E-state index contributed by atoms with van der Waals surface area (Å²) >= 11 is 0. The minimum Gasteiger partial charge on any atom is -0.465 e. The quantitative estimate of drug-likeness (QED) is 0.876. The molecule has 2 N–H and O–H groups in total. The molecule has 0 saturated carbocycles. The summed E-state index contributed by atoms with van der Waals surface area (Å²) in [5.74, 6) is -0.364. The van der Waals surface area contributed by atoms with Crippen molar-refractivity contribution >= 4 is 5.97 Å². The fourth-order valence-corrected chi connectivity index (χ4v) is 2.82. The summed E-state index contributed by atoms with van der Waals surface area (Å²) in [5, 5.41) is 0. The first-order valence-electron chi connectivity index (χ1n) is 7.15. The zero-order valence-electron chi connectivity index (χ0n) is 12.1. The third kappa shape index (κ3) is 2.83. The van der Waals surface area contributed by atoms with Gasteiger partial charge in [0, 0.05) is 24.6 Å². The lowest BCUT2D eigenvalue weighted by molar-refractivity contribution is 0.0600. The van der Waals surface area contributed by atoms with Gasteiger partial charge in [0.25, 0.3) is 0 Å². The Bertz CT molecular complexity index is 646. The zero-order valence-corrected chi connectivity index (χ0v) is 12.1. The Hall–Kier alpha value is -2.14. The second-order valence-electron chi connectivity index (χ2n) is 5.44. The van der Waals surface area contributed by atoms with Gasteiger partial charge in [-0.1, -0.05) is 0 Å². The summed E-state index contributed by atoms with van der Waals surface area (Å²) in [6, 6.07) is 3.75. The normalized spacial score (nSPS) is 17.3. The van der Waals surface area contributed by atoms with Gasteiger partial charge in [-0.2, -0.15) is 0 Å². The fourth-order valence-electron chi connectivity index (χ4n) is 2.82. The van der Waals surface area contributed by atoms with Crippen LogP contribution in [0, 0.1) is 0 Å². The number of esters is 1. The predicted octanol–water partition coefficient (Wildman–Crippen LogP) is 2.05. The first kappa shape index (κ1) is 13.8. The van der Waals surface area contributed by atoms with Crippen LogP contribution in [-0.2, 0) is 17.7 Å². The minimum absolute atomic E-state index is 0.157. The Kier molecular flexibility index (Phi) is 3.75. The van der Waals surface area contributed by atoms with E-state index in [0.29, 0.717) is 12.1 Å². The molecule has 3 rings (SSSR count). The molecule has 2 aromatic rings. The van der Waals surface area contributed by atoms with Gasteiger partial charge < -0.3 is 15.0 Å². The number of fused-ring (bicyclic) bond motifs is 1. The summed E-state index contributed by atoms with van der Waals surface area (Å²) in [6.07, 6.45) is 9.15. The van der Waals surface area contributed by atoms with E-state index in [2.05, 4.69) is 26.7 Å². The minimum atomic E-state index is -0.364. The van der Waals surface area contributed by atoms with Crippen molar-refractivity contribution in [2.45, 2.75) is 31.8 Å². The van der Waals surface area contributed by atoms with Crippen molar-refractivity contribution in [1.82, 2.24) is 9.55 Å². The highest BCUT2D eigenvalue weighted by atomic mass is 16.5. The van der Waals surface area contributed by atoms with Crippen LogP contribution < -0.4 is 5.73 Å². The predicted molar refractivity (Wildman–Crippen MR) is 79.0 cm³/mol. The van der Waals surface area contributed by atoms with Crippen LogP contribution in [0.5, 0.6) is 0 Å². The van der Waals surface area contributed by atoms with Gasteiger partial charge in [0.1, 0.15) is 0 Å². The van der Waals surface area contributed by atoms with E-state index in [-0.39, 0.29) is 12.0 Å². The molecule has 2 aromatic heterocycles. The first-order chi connectivity index (χ1) is 10.2. The Labute approximate surface area is 123 Å². The number of rotatable bonds is 3. The molecule has 0 bridgehead atoms. The molecule has 0 spiro atoms. The number of aryl methyl sites for hydroxylation is 1. The number of carbonyl (C=O) groups excluding carboxylic acids is 1. The Morgan fingerprint density at radius 3 is 3.00 bits per heavy atom. The lowest BCUT2D eigenvalue weighted by Gasteiger charge is -2.17. The van der Waals surface area contributed by atoms with E-state index in [0.717, 1.165) is 25.0 Å². The smallest absolute Gasteiger partial charge is 0.339 e. The van der Waals surface area contributed by atoms with Crippen LogP contribution in [0.3, 0.4) is 0 Å². The molecule has 0 amide bonds. The fraction of sp³-hybridized carbons (Fsp3) is 0.375. The van der Waals surface area contributed by atoms with E-state index in [1.54, 1.807) is 12.3 Å². The van der Waals surface area contributed by atoms with Crippen LogP contribution >= 0.6 is 0 Å². The molecule has 0 saturated heterocycles. The second kappa shape index (κ2) is 5.69. The van der Waals surface area contributed by atoms with Crippen molar-refractivity contribution < 1.29 is 9.53 Å². The van der Waals surface area contributed by atoms with Gasteiger partial charge in [-0.25, -0.2) is 4.79 Å². The molecule has 5 heteroatoms. The first-order valence-corrected chi connectivity index (χ1v) is 7.15. The van der Waals surface area contributed by atoms with Gasteiger partial charge in [0.05, 0.1) is 24.9 Å². The van der Waals surface area contributed by atoms with E-state index in [1.165, 1.54) is 18.2 Å². The summed E-state index contributed by atoms with van der Waals surface area (Å²) < 4.78 is 6.78. The van der Waals surface area contributed by atoms with Crippen molar-refractivity contribution in [1.29, 1.82) is 0 Å². The van der Waals surface area contributed by atoms with Crippen LogP contribution in [0.4, 0.5) is 0 Å². The summed E-state index contributed by atoms with van der Waals surface area (Å²) in [6.45, 7) is 0.682. The number of nitrogens with zero attached hydrogens (tertiary/aromatic N) is 2. The number of pyridine rings is 1. The molecule has 110 valence electrons. The van der Waals surface area contributed by atoms with E-state index in [9.17, 15) is 4.79 Å². The molecule has 1 aliphatic carbocycles. The molecule has 2 heterocycles. The maximum absolute atomic E-state index is 11.4. The number of aromatic nitrogens is 2. The number of methoxy groups -OCH3 is 1. The molecule has 1 unspecified atom stereocenters. The van der Waals surface area contributed by atoms with Crippen molar-refractivity contribution in [2.75, 3.05) is 7.11 Å². The number of carbonyl (C=O) groups is 1.